The second-order valence-electron chi connectivity index (χ2n) is 3.59. The number of anilines is 1. The van der Waals surface area contributed by atoms with Crippen LogP contribution in [0.2, 0.25) is 0 Å². The Labute approximate surface area is 89.1 Å². The maximum Gasteiger partial charge on any atom is 0.0974 e. The monoisotopic (exact) mass is 208 g/mol. The quantitative estimate of drug-likeness (QED) is 0.742. The van der Waals surface area contributed by atoms with Crippen molar-refractivity contribution in [2.75, 3.05) is 19.4 Å². The van der Waals surface area contributed by atoms with Crippen molar-refractivity contribution in [3.63, 3.8) is 0 Å². The van der Waals surface area contributed by atoms with Gasteiger partial charge in [-0.1, -0.05) is 0 Å². The van der Waals surface area contributed by atoms with Crippen molar-refractivity contribution in [3.8, 4) is 0 Å². The normalized spacial score (nSPS) is 15.9. The number of aliphatic imine (C=N–C) groups is 1. The first-order valence-corrected chi connectivity index (χ1v) is 5.93. The van der Waals surface area contributed by atoms with E-state index in [1.165, 1.54) is 41.8 Å². The van der Waals surface area contributed by atoms with Gasteiger partial charge in [0.25, 0.3) is 0 Å². The van der Waals surface area contributed by atoms with Gasteiger partial charge < -0.3 is 5.32 Å². The topological polar surface area (TPSA) is 24.4 Å². The van der Waals surface area contributed by atoms with Crippen LogP contribution in [0.1, 0.15) is 28.8 Å². The van der Waals surface area contributed by atoms with E-state index in [0.29, 0.717) is 0 Å². The molecule has 76 valence electrons. The average molecular weight is 208 g/mol. The van der Waals surface area contributed by atoms with E-state index in [1.54, 1.807) is 4.88 Å². The SMILES string of the molecule is CN=Cc1c(NC)sc2c1CCCC2. The molecule has 0 fully saturated rings. The van der Waals surface area contributed by atoms with E-state index in [-0.39, 0.29) is 0 Å². The van der Waals surface area contributed by atoms with Crippen molar-refractivity contribution < 1.29 is 0 Å². The van der Waals surface area contributed by atoms with Crippen LogP contribution in [0.15, 0.2) is 4.99 Å². The maximum absolute atomic E-state index is 4.14. The summed E-state index contributed by atoms with van der Waals surface area (Å²) in [7, 11) is 3.83. The fourth-order valence-electron chi connectivity index (χ4n) is 2.04. The number of fused-ring (bicyclic) bond motifs is 1. The highest BCUT2D eigenvalue weighted by molar-refractivity contribution is 7.16. The van der Waals surface area contributed by atoms with Crippen molar-refractivity contribution >= 4 is 22.6 Å². The summed E-state index contributed by atoms with van der Waals surface area (Å²) < 4.78 is 0. The molecular weight excluding hydrogens is 192 g/mol. The Morgan fingerprint density at radius 3 is 2.86 bits per heavy atom. The smallest absolute Gasteiger partial charge is 0.0974 e. The second-order valence-corrected chi connectivity index (χ2v) is 4.70. The molecule has 14 heavy (non-hydrogen) atoms. The average Bonchev–Trinajstić information content (AvgIpc) is 2.58. The number of aryl methyl sites for hydroxylation is 1. The van der Waals surface area contributed by atoms with E-state index in [1.807, 2.05) is 31.6 Å². The highest BCUT2D eigenvalue weighted by Crippen LogP contribution is 2.36. The van der Waals surface area contributed by atoms with Gasteiger partial charge in [-0.15, -0.1) is 11.3 Å². The fraction of sp³-hybridized carbons (Fsp3) is 0.545. The van der Waals surface area contributed by atoms with Crippen LogP contribution in [-0.2, 0) is 12.8 Å². The minimum Gasteiger partial charge on any atom is -0.379 e. The van der Waals surface area contributed by atoms with Crippen molar-refractivity contribution in [2.24, 2.45) is 4.99 Å². The predicted octanol–water partition coefficient (Wildman–Crippen LogP) is 2.72. The zero-order chi connectivity index (χ0) is 9.97. The zero-order valence-corrected chi connectivity index (χ0v) is 9.58. The lowest BCUT2D eigenvalue weighted by Gasteiger charge is -2.10. The third-order valence-electron chi connectivity index (χ3n) is 2.70. The lowest BCUT2D eigenvalue weighted by Crippen LogP contribution is -2.01. The Balaban J connectivity index is 2.47. The summed E-state index contributed by atoms with van der Waals surface area (Å²) in [6, 6.07) is 0. The Kier molecular flexibility index (Phi) is 2.87. The predicted molar refractivity (Wildman–Crippen MR) is 64.0 cm³/mol. The molecule has 0 spiro atoms. The molecule has 1 aromatic rings. The highest BCUT2D eigenvalue weighted by atomic mass is 32.1. The lowest BCUT2D eigenvalue weighted by atomic mass is 9.96. The van der Waals surface area contributed by atoms with Crippen LogP contribution >= 0.6 is 11.3 Å². The van der Waals surface area contributed by atoms with Crippen molar-refractivity contribution in [1.82, 2.24) is 0 Å². The van der Waals surface area contributed by atoms with Crippen molar-refractivity contribution in [3.05, 3.63) is 16.0 Å². The van der Waals surface area contributed by atoms with E-state index in [0.717, 1.165) is 0 Å². The molecule has 0 aliphatic heterocycles. The number of thiophene rings is 1. The minimum atomic E-state index is 1.23. The molecule has 0 unspecified atom stereocenters. The Morgan fingerprint density at radius 2 is 2.14 bits per heavy atom. The van der Waals surface area contributed by atoms with Gasteiger partial charge in [-0.3, -0.25) is 4.99 Å². The van der Waals surface area contributed by atoms with Crippen LogP contribution in [0.3, 0.4) is 0 Å². The molecule has 2 rings (SSSR count). The van der Waals surface area contributed by atoms with E-state index >= 15 is 0 Å². The second kappa shape index (κ2) is 4.13. The third-order valence-corrected chi connectivity index (χ3v) is 4.02. The van der Waals surface area contributed by atoms with E-state index in [2.05, 4.69) is 10.3 Å². The Morgan fingerprint density at radius 1 is 1.36 bits per heavy atom. The van der Waals surface area contributed by atoms with E-state index < -0.39 is 0 Å². The third kappa shape index (κ3) is 1.57. The molecule has 1 heterocycles. The molecule has 0 aromatic carbocycles. The van der Waals surface area contributed by atoms with Gasteiger partial charge >= 0.3 is 0 Å². The Bertz CT molecular complexity index is 352. The highest BCUT2D eigenvalue weighted by Gasteiger charge is 2.18. The van der Waals surface area contributed by atoms with Crippen LogP contribution in [0.25, 0.3) is 0 Å². The summed E-state index contributed by atoms with van der Waals surface area (Å²) in [4.78, 5) is 5.70. The first-order chi connectivity index (χ1) is 6.86. The van der Waals surface area contributed by atoms with Crippen LogP contribution in [0.5, 0.6) is 0 Å². The van der Waals surface area contributed by atoms with Crippen LogP contribution < -0.4 is 5.32 Å². The molecule has 1 N–H and O–H groups in total. The van der Waals surface area contributed by atoms with Gasteiger partial charge in [0.1, 0.15) is 0 Å². The molecule has 0 atom stereocenters. The molecular formula is C11H16N2S. The molecule has 0 saturated heterocycles. The van der Waals surface area contributed by atoms with Gasteiger partial charge in [0.15, 0.2) is 0 Å². The van der Waals surface area contributed by atoms with Crippen LogP contribution in [0.4, 0.5) is 5.00 Å². The molecule has 0 amide bonds. The van der Waals surface area contributed by atoms with Gasteiger partial charge in [0.2, 0.25) is 0 Å². The van der Waals surface area contributed by atoms with E-state index in [4.69, 9.17) is 0 Å². The van der Waals surface area contributed by atoms with Gasteiger partial charge in [-0.2, -0.15) is 0 Å². The summed E-state index contributed by atoms with van der Waals surface area (Å²) in [6.07, 6.45) is 7.16. The number of rotatable bonds is 2. The largest absolute Gasteiger partial charge is 0.379 e. The summed E-state index contributed by atoms with van der Waals surface area (Å²) in [5, 5.41) is 4.54. The van der Waals surface area contributed by atoms with Crippen molar-refractivity contribution in [1.29, 1.82) is 0 Å². The number of nitrogens with one attached hydrogen (secondary N) is 1. The first-order valence-electron chi connectivity index (χ1n) is 5.11. The standard InChI is InChI=1S/C11H16N2S/c1-12-7-9-8-5-3-4-6-10(8)14-11(9)13-2/h7,13H,3-6H2,1-2H3. The zero-order valence-electron chi connectivity index (χ0n) is 8.76. The van der Waals surface area contributed by atoms with Crippen molar-refractivity contribution in [2.45, 2.75) is 25.7 Å². The van der Waals surface area contributed by atoms with Crippen LogP contribution in [-0.4, -0.2) is 20.3 Å². The van der Waals surface area contributed by atoms with Gasteiger partial charge in [-0.05, 0) is 31.2 Å². The summed E-state index contributed by atoms with van der Waals surface area (Å²) >= 11 is 1.90. The molecule has 0 saturated carbocycles. The molecule has 2 nitrogen and oxygen atoms in total. The molecule has 0 radical (unpaired) electrons. The Hall–Kier alpha value is -0.830. The molecule has 1 aromatic heterocycles. The number of nitrogens with zero attached hydrogens (tertiary/aromatic N) is 1. The van der Waals surface area contributed by atoms with Gasteiger partial charge in [0, 0.05) is 30.8 Å². The molecule has 0 bridgehead atoms. The molecule has 1 aliphatic carbocycles. The molecule has 3 heteroatoms. The maximum atomic E-state index is 4.14. The number of hydrogen-bond donors (Lipinski definition) is 1. The number of hydrogen-bond acceptors (Lipinski definition) is 3. The summed E-state index contributed by atoms with van der Waals surface area (Å²) in [5.74, 6) is 0. The summed E-state index contributed by atoms with van der Waals surface area (Å²) in [5.41, 5.74) is 2.87. The first kappa shape index (κ1) is 9.71. The van der Waals surface area contributed by atoms with Crippen LogP contribution in [0, 0.1) is 0 Å². The minimum absolute atomic E-state index is 1.23. The van der Waals surface area contributed by atoms with E-state index in [9.17, 15) is 0 Å². The fourth-order valence-corrected chi connectivity index (χ4v) is 3.26. The molecule has 1 aliphatic rings. The van der Waals surface area contributed by atoms with Gasteiger partial charge in [0.05, 0.1) is 5.00 Å². The lowest BCUT2D eigenvalue weighted by molar-refractivity contribution is 0.696. The van der Waals surface area contributed by atoms with Gasteiger partial charge in [-0.25, -0.2) is 0 Å². The summed E-state index contributed by atoms with van der Waals surface area (Å²) in [6.45, 7) is 0.